The summed E-state index contributed by atoms with van der Waals surface area (Å²) in [5.74, 6) is -0.704. The molecule has 1 atom stereocenters. The van der Waals surface area contributed by atoms with Gasteiger partial charge in [-0.15, -0.1) is 0 Å². The van der Waals surface area contributed by atoms with Crippen molar-refractivity contribution in [1.29, 1.82) is 0 Å². The van der Waals surface area contributed by atoms with Crippen LogP contribution in [0.25, 0.3) is 0 Å². The van der Waals surface area contributed by atoms with Crippen molar-refractivity contribution in [2.75, 3.05) is 6.54 Å². The summed E-state index contributed by atoms with van der Waals surface area (Å²) in [6.07, 6.45) is -0.930. The second-order valence-electron chi connectivity index (χ2n) is 2.90. The molecule has 4 heteroatoms. The molecular formula is C9H12FNO2. The van der Waals surface area contributed by atoms with Gasteiger partial charge < -0.3 is 15.9 Å². The molecule has 0 aromatic heterocycles. The van der Waals surface area contributed by atoms with Gasteiger partial charge in [0.2, 0.25) is 0 Å². The van der Waals surface area contributed by atoms with E-state index in [1.807, 2.05) is 0 Å². The Morgan fingerprint density at radius 1 is 1.54 bits per heavy atom. The Labute approximate surface area is 75.6 Å². The molecule has 0 saturated heterocycles. The van der Waals surface area contributed by atoms with Crippen molar-refractivity contribution in [3.63, 3.8) is 0 Å². The first-order valence-corrected chi connectivity index (χ1v) is 3.93. The van der Waals surface area contributed by atoms with Gasteiger partial charge in [0.05, 0.1) is 6.10 Å². The maximum atomic E-state index is 13.0. The maximum absolute atomic E-state index is 13.0. The summed E-state index contributed by atoms with van der Waals surface area (Å²) >= 11 is 0. The van der Waals surface area contributed by atoms with Crippen LogP contribution in [0.3, 0.4) is 0 Å². The van der Waals surface area contributed by atoms with Gasteiger partial charge in [0.25, 0.3) is 0 Å². The lowest BCUT2D eigenvalue weighted by atomic mass is 10.1. The summed E-state index contributed by atoms with van der Waals surface area (Å²) in [7, 11) is 0. The minimum atomic E-state index is -0.930. The summed E-state index contributed by atoms with van der Waals surface area (Å²) < 4.78 is 13.0. The zero-order chi connectivity index (χ0) is 10.0. The molecular weight excluding hydrogens is 173 g/mol. The fraction of sp³-hybridized carbons (Fsp3) is 0.333. The van der Waals surface area contributed by atoms with Crippen molar-refractivity contribution < 1.29 is 14.6 Å². The van der Waals surface area contributed by atoms with Crippen LogP contribution in [-0.2, 0) is 0 Å². The lowest BCUT2D eigenvalue weighted by molar-refractivity contribution is 0.186. The number of hydrogen-bond donors (Lipinski definition) is 3. The fourth-order valence-corrected chi connectivity index (χ4v) is 1.01. The summed E-state index contributed by atoms with van der Waals surface area (Å²) in [6.45, 7) is 1.46. The number of phenols is 1. The monoisotopic (exact) mass is 185 g/mol. The number of phenolic OH excluding ortho intramolecular Hbond substituents is 1. The van der Waals surface area contributed by atoms with Gasteiger partial charge in [-0.25, -0.2) is 4.39 Å². The highest BCUT2D eigenvalue weighted by Crippen LogP contribution is 2.24. The van der Waals surface area contributed by atoms with Crippen molar-refractivity contribution in [3.05, 3.63) is 29.1 Å². The van der Waals surface area contributed by atoms with Crippen molar-refractivity contribution >= 4 is 0 Å². The number of rotatable bonds is 2. The van der Waals surface area contributed by atoms with Crippen LogP contribution in [0.5, 0.6) is 5.75 Å². The number of nitrogens with two attached hydrogens (primary N) is 1. The van der Waals surface area contributed by atoms with Crippen LogP contribution in [0.15, 0.2) is 12.1 Å². The zero-order valence-corrected chi connectivity index (χ0v) is 7.29. The highest BCUT2D eigenvalue weighted by Gasteiger charge is 2.11. The standard InChI is InChI=1S/C9H12FNO2/c1-5-7(10)2-6(3-8(5)12)9(13)4-11/h2-3,9,12-13H,4,11H2,1H3. The van der Waals surface area contributed by atoms with E-state index in [-0.39, 0.29) is 17.9 Å². The third kappa shape index (κ3) is 1.96. The van der Waals surface area contributed by atoms with E-state index in [9.17, 15) is 14.6 Å². The third-order valence-electron chi connectivity index (χ3n) is 1.95. The molecule has 0 aliphatic heterocycles. The topological polar surface area (TPSA) is 66.5 Å². The molecule has 0 saturated carbocycles. The Bertz CT molecular complexity index is 291. The van der Waals surface area contributed by atoms with E-state index in [2.05, 4.69) is 0 Å². The van der Waals surface area contributed by atoms with Crippen molar-refractivity contribution in [1.82, 2.24) is 0 Å². The second-order valence-corrected chi connectivity index (χ2v) is 2.90. The minimum Gasteiger partial charge on any atom is -0.508 e. The predicted octanol–water partition coefficient (Wildman–Crippen LogP) is 0.832. The van der Waals surface area contributed by atoms with Gasteiger partial charge in [0, 0.05) is 12.1 Å². The molecule has 3 nitrogen and oxygen atoms in total. The smallest absolute Gasteiger partial charge is 0.130 e. The lowest BCUT2D eigenvalue weighted by Crippen LogP contribution is -2.11. The number of aliphatic hydroxyl groups is 1. The Morgan fingerprint density at radius 3 is 2.62 bits per heavy atom. The highest BCUT2D eigenvalue weighted by atomic mass is 19.1. The Balaban J connectivity index is 3.13. The van der Waals surface area contributed by atoms with Crippen LogP contribution in [0.2, 0.25) is 0 Å². The van der Waals surface area contributed by atoms with Crippen LogP contribution in [0, 0.1) is 12.7 Å². The lowest BCUT2D eigenvalue weighted by Gasteiger charge is -2.10. The minimum absolute atomic E-state index is 0.00193. The van der Waals surface area contributed by atoms with E-state index in [1.54, 1.807) is 0 Å². The summed E-state index contributed by atoms with van der Waals surface area (Å²) in [5.41, 5.74) is 5.66. The number of benzene rings is 1. The van der Waals surface area contributed by atoms with Crippen molar-refractivity contribution in [2.24, 2.45) is 5.73 Å². The van der Waals surface area contributed by atoms with E-state index in [1.165, 1.54) is 19.1 Å². The molecule has 1 aromatic rings. The Morgan fingerprint density at radius 2 is 2.15 bits per heavy atom. The normalized spacial score (nSPS) is 12.9. The molecule has 0 heterocycles. The number of hydrogen-bond acceptors (Lipinski definition) is 3. The highest BCUT2D eigenvalue weighted by molar-refractivity contribution is 5.37. The molecule has 1 rings (SSSR count). The molecule has 0 aliphatic rings. The predicted molar refractivity (Wildman–Crippen MR) is 46.8 cm³/mol. The summed E-state index contributed by atoms with van der Waals surface area (Å²) in [4.78, 5) is 0. The van der Waals surface area contributed by atoms with E-state index in [4.69, 9.17) is 5.73 Å². The fourth-order valence-electron chi connectivity index (χ4n) is 1.01. The molecule has 1 unspecified atom stereocenters. The van der Waals surface area contributed by atoms with Gasteiger partial charge in [-0.3, -0.25) is 0 Å². The summed E-state index contributed by atoms with van der Waals surface area (Å²) in [5, 5.41) is 18.5. The van der Waals surface area contributed by atoms with Crippen LogP contribution < -0.4 is 5.73 Å². The van der Waals surface area contributed by atoms with Crippen LogP contribution in [0.4, 0.5) is 4.39 Å². The van der Waals surface area contributed by atoms with E-state index >= 15 is 0 Å². The third-order valence-corrected chi connectivity index (χ3v) is 1.95. The van der Waals surface area contributed by atoms with Crippen molar-refractivity contribution in [3.8, 4) is 5.75 Å². The maximum Gasteiger partial charge on any atom is 0.130 e. The van der Waals surface area contributed by atoms with Gasteiger partial charge in [0.1, 0.15) is 11.6 Å². The van der Waals surface area contributed by atoms with Gasteiger partial charge >= 0.3 is 0 Å². The second kappa shape index (κ2) is 3.72. The summed E-state index contributed by atoms with van der Waals surface area (Å²) in [6, 6.07) is 2.49. The van der Waals surface area contributed by atoms with E-state index in [0.29, 0.717) is 5.56 Å². The van der Waals surface area contributed by atoms with Crippen LogP contribution >= 0.6 is 0 Å². The quantitative estimate of drug-likeness (QED) is 0.639. The van der Waals surface area contributed by atoms with Gasteiger partial charge in [-0.1, -0.05) is 0 Å². The van der Waals surface area contributed by atoms with Crippen LogP contribution in [-0.4, -0.2) is 16.8 Å². The Kier molecular flexibility index (Phi) is 2.85. The average Bonchev–Trinajstić information content (AvgIpc) is 2.12. The molecule has 0 bridgehead atoms. The molecule has 13 heavy (non-hydrogen) atoms. The first-order chi connectivity index (χ1) is 6.06. The first kappa shape index (κ1) is 9.95. The van der Waals surface area contributed by atoms with Gasteiger partial charge in [0.15, 0.2) is 0 Å². The Hall–Kier alpha value is -1.13. The van der Waals surface area contributed by atoms with Gasteiger partial charge in [-0.2, -0.15) is 0 Å². The van der Waals surface area contributed by atoms with Gasteiger partial charge in [-0.05, 0) is 24.6 Å². The van der Waals surface area contributed by atoms with Crippen molar-refractivity contribution in [2.45, 2.75) is 13.0 Å². The zero-order valence-electron chi connectivity index (χ0n) is 7.29. The molecule has 0 amide bonds. The van der Waals surface area contributed by atoms with E-state index < -0.39 is 11.9 Å². The average molecular weight is 185 g/mol. The number of halogens is 1. The number of aliphatic hydroxyl groups excluding tert-OH is 1. The molecule has 0 aliphatic carbocycles. The van der Waals surface area contributed by atoms with Crippen LogP contribution in [0.1, 0.15) is 17.2 Å². The SMILES string of the molecule is Cc1c(O)cc(C(O)CN)cc1F. The molecule has 1 aromatic carbocycles. The molecule has 0 spiro atoms. The first-order valence-electron chi connectivity index (χ1n) is 3.93. The molecule has 4 N–H and O–H groups in total. The number of aromatic hydroxyl groups is 1. The molecule has 0 fully saturated rings. The largest absolute Gasteiger partial charge is 0.508 e. The molecule has 0 radical (unpaired) electrons. The van der Waals surface area contributed by atoms with E-state index in [0.717, 1.165) is 0 Å². The molecule has 72 valence electrons.